The smallest absolute Gasteiger partial charge is 0.161 e. The van der Waals surface area contributed by atoms with Gasteiger partial charge < -0.3 is 10.5 Å². The molecular weight excluding hydrogens is 314 g/mol. The van der Waals surface area contributed by atoms with Crippen LogP contribution in [0, 0.1) is 0 Å². The summed E-state index contributed by atoms with van der Waals surface area (Å²) in [4.78, 5) is 1.10. The lowest BCUT2D eigenvalue weighted by Crippen LogP contribution is -2.17. The number of nitrogens with two attached hydrogens (primary N) is 1. The van der Waals surface area contributed by atoms with Crippen LogP contribution in [0.15, 0.2) is 22.1 Å². The van der Waals surface area contributed by atoms with Crippen LogP contribution in [0.1, 0.15) is 30.0 Å². The first-order valence-corrected chi connectivity index (χ1v) is 7.43. The zero-order valence-electron chi connectivity index (χ0n) is 10.4. The molecule has 1 unspecified atom stereocenters. The Bertz CT molecular complexity index is 523. The fraction of sp³-hybridized carbons (Fsp3) is 0.417. The quantitative estimate of drug-likeness (QED) is 0.916. The molecular formula is C12H16BrN3OS. The van der Waals surface area contributed by atoms with E-state index in [4.69, 9.17) is 10.5 Å². The Morgan fingerprint density at radius 2 is 2.39 bits per heavy atom. The molecule has 0 aliphatic carbocycles. The van der Waals surface area contributed by atoms with Gasteiger partial charge in [-0.2, -0.15) is 5.10 Å². The molecule has 1 atom stereocenters. The molecule has 0 saturated heterocycles. The van der Waals surface area contributed by atoms with Crippen LogP contribution >= 0.6 is 27.3 Å². The molecule has 0 aliphatic heterocycles. The summed E-state index contributed by atoms with van der Waals surface area (Å²) in [5, 5.41) is 6.36. The highest BCUT2D eigenvalue weighted by atomic mass is 79.9. The van der Waals surface area contributed by atoms with Crippen molar-refractivity contribution < 1.29 is 4.74 Å². The molecule has 6 heteroatoms. The van der Waals surface area contributed by atoms with Crippen molar-refractivity contribution in [1.82, 2.24) is 9.78 Å². The third-order valence-electron chi connectivity index (χ3n) is 2.69. The van der Waals surface area contributed by atoms with E-state index >= 15 is 0 Å². The van der Waals surface area contributed by atoms with Crippen LogP contribution < -0.4 is 10.5 Å². The van der Waals surface area contributed by atoms with Crippen LogP contribution in [0.2, 0.25) is 0 Å². The summed E-state index contributed by atoms with van der Waals surface area (Å²) in [6.07, 6.45) is 2.74. The van der Waals surface area contributed by atoms with Crippen LogP contribution in [0.3, 0.4) is 0 Å². The molecule has 0 fully saturated rings. The molecule has 0 radical (unpaired) electrons. The second-order valence-corrected chi connectivity index (χ2v) is 5.82. The zero-order chi connectivity index (χ0) is 13.1. The largest absolute Gasteiger partial charge is 0.493 e. The van der Waals surface area contributed by atoms with Crippen molar-refractivity contribution >= 4 is 27.3 Å². The van der Waals surface area contributed by atoms with Gasteiger partial charge in [-0.15, -0.1) is 11.3 Å². The fourth-order valence-corrected chi connectivity index (χ4v) is 3.31. The molecule has 0 saturated carbocycles. The molecule has 0 amide bonds. The Morgan fingerprint density at radius 1 is 1.61 bits per heavy atom. The lowest BCUT2D eigenvalue weighted by molar-refractivity contribution is 0.404. The van der Waals surface area contributed by atoms with Gasteiger partial charge in [-0.1, -0.05) is 6.92 Å². The Hall–Kier alpha value is -0.850. The standard InChI is InChI=1S/C12H16BrN3OS/c1-3-4-16-12(9(17-2)6-15-16)11(14)10-5-8(13)7-18-10/h5-7,11H,3-4,14H2,1-2H3. The lowest BCUT2D eigenvalue weighted by atomic mass is 10.1. The maximum absolute atomic E-state index is 6.33. The number of aromatic nitrogens is 2. The van der Waals surface area contributed by atoms with E-state index < -0.39 is 0 Å². The van der Waals surface area contributed by atoms with Crippen molar-refractivity contribution in [2.75, 3.05) is 7.11 Å². The van der Waals surface area contributed by atoms with Crippen LogP contribution in [0.25, 0.3) is 0 Å². The van der Waals surface area contributed by atoms with Crippen molar-refractivity contribution in [3.8, 4) is 5.75 Å². The van der Waals surface area contributed by atoms with Gasteiger partial charge in [-0.05, 0) is 28.4 Å². The molecule has 2 aromatic heterocycles. The molecule has 0 aromatic carbocycles. The summed E-state index contributed by atoms with van der Waals surface area (Å²) < 4.78 is 8.33. The molecule has 2 heterocycles. The van der Waals surface area contributed by atoms with Crippen molar-refractivity contribution in [1.29, 1.82) is 0 Å². The molecule has 98 valence electrons. The first-order valence-electron chi connectivity index (χ1n) is 5.76. The van der Waals surface area contributed by atoms with Gasteiger partial charge in [-0.25, -0.2) is 0 Å². The summed E-state index contributed by atoms with van der Waals surface area (Å²) in [6.45, 7) is 2.96. The molecule has 18 heavy (non-hydrogen) atoms. The number of rotatable bonds is 5. The van der Waals surface area contributed by atoms with E-state index in [1.807, 2.05) is 16.1 Å². The van der Waals surface area contributed by atoms with E-state index in [0.717, 1.165) is 33.8 Å². The van der Waals surface area contributed by atoms with Gasteiger partial charge in [0.25, 0.3) is 0 Å². The van der Waals surface area contributed by atoms with E-state index in [0.29, 0.717) is 0 Å². The minimum atomic E-state index is -0.203. The number of hydrogen-bond acceptors (Lipinski definition) is 4. The summed E-state index contributed by atoms with van der Waals surface area (Å²) in [7, 11) is 1.65. The van der Waals surface area contributed by atoms with Gasteiger partial charge in [0.15, 0.2) is 5.75 Å². The maximum atomic E-state index is 6.33. The number of methoxy groups -OCH3 is 1. The highest BCUT2D eigenvalue weighted by molar-refractivity contribution is 9.10. The van der Waals surface area contributed by atoms with Crippen molar-refractivity contribution in [2.24, 2.45) is 5.73 Å². The van der Waals surface area contributed by atoms with E-state index in [1.165, 1.54) is 0 Å². The van der Waals surface area contributed by atoms with Crippen LogP contribution in [0.4, 0.5) is 0 Å². The Labute approximate surface area is 119 Å². The first kappa shape index (κ1) is 13.6. The number of nitrogens with zero attached hydrogens (tertiary/aromatic N) is 2. The lowest BCUT2D eigenvalue weighted by Gasteiger charge is -2.14. The van der Waals surface area contributed by atoms with Gasteiger partial charge in [0.2, 0.25) is 0 Å². The third-order valence-corrected chi connectivity index (χ3v) is 4.47. The molecule has 0 aliphatic rings. The van der Waals surface area contributed by atoms with E-state index in [-0.39, 0.29) is 6.04 Å². The van der Waals surface area contributed by atoms with Crippen LogP contribution in [-0.4, -0.2) is 16.9 Å². The normalized spacial score (nSPS) is 12.7. The van der Waals surface area contributed by atoms with Crippen molar-refractivity contribution in [3.05, 3.63) is 32.7 Å². The number of aryl methyl sites for hydroxylation is 1. The van der Waals surface area contributed by atoms with Gasteiger partial charge in [0.05, 0.1) is 19.3 Å². The van der Waals surface area contributed by atoms with Crippen LogP contribution in [-0.2, 0) is 6.54 Å². The monoisotopic (exact) mass is 329 g/mol. The Kier molecular flexibility index (Phi) is 4.42. The summed E-state index contributed by atoms with van der Waals surface area (Å²) in [5.74, 6) is 0.750. The minimum absolute atomic E-state index is 0.203. The molecule has 2 aromatic rings. The SMILES string of the molecule is CCCn1ncc(OC)c1C(N)c1cc(Br)cs1. The molecule has 0 spiro atoms. The second kappa shape index (κ2) is 5.86. The van der Waals surface area contributed by atoms with Gasteiger partial charge in [0, 0.05) is 21.3 Å². The summed E-state index contributed by atoms with van der Waals surface area (Å²) in [6, 6.07) is 1.84. The van der Waals surface area contributed by atoms with Gasteiger partial charge in [0.1, 0.15) is 5.69 Å². The van der Waals surface area contributed by atoms with E-state index in [1.54, 1.807) is 24.6 Å². The van der Waals surface area contributed by atoms with Gasteiger partial charge >= 0.3 is 0 Å². The Balaban J connectivity index is 2.38. The Morgan fingerprint density at radius 3 is 2.94 bits per heavy atom. The minimum Gasteiger partial charge on any atom is -0.493 e. The second-order valence-electron chi connectivity index (χ2n) is 3.97. The predicted molar refractivity (Wildman–Crippen MR) is 77.1 cm³/mol. The highest BCUT2D eigenvalue weighted by Crippen LogP contribution is 2.33. The van der Waals surface area contributed by atoms with E-state index in [9.17, 15) is 0 Å². The van der Waals surface area contributed by atoms with Gasteiger partial charge in [-0.3, -0.25) is 4.68 Å². The maximum Gasteiger partial charge on any atom is 0.161 e. The third kappa shape index (κ3) is 2.60. The summed E-state index contributed by atoms with van der Waals surface area (Å²) >= 11 is 5.08. The predicted octanol–water partition coefficient (Wildman–Crippen LogP) is 3.17. The summed E-state index contributed by atoms with van der Waals surface area (Å²) in [5.41, 5.74) is 7.27. The topological polar surface area (TPSA) is 53.1 Å². The molecule has 2 N–H and O–H groups in total. The first-order chi connectivity index (χ1) is 8.67. The number of halogens is 1. The zero-order valence-corrected chi connectivity index (χ0v) is 12.8. The fourth-order valence-electron chi connectivity index (χ4n) is 1.86. The highest BCUT2D eigenvalue weighted by Gasteiger charge is 2.21. The average molecular weight is 330 g/mol. The number of hydrogen-bond donors (Lipinski definition) is 1. The van der Waals surface area contributed by atoms with E-state index in [2.05, 4.69) is 28.0 Å². The van der Waals surface area contributed by atoms with Crippen LogP contribution in [0.5, 0.6) is 5.75 Å². The molecule has 2 rings (SSSR count). The molecule has 0 bridgehead atoms. The number of thiophene rings is 1. The average Bonchev–Trinajstić information content (AvgIpc) is 2.95. The van der Waals surface area contributed by atoms with Crippen molar-refractivity contribution in [2.45, 2.75) is 25.9 Å². The molecule has 4 nitrogen and oxygen atoms in total. The number of ether oxygens (including phenoxy) is 1. The van der Waals surface area contributed by atoms with Crippen molar-refractivity contribution in [3.63, 3.8) is 0 Å².